The van der Waals surface area contributed by atoms with Crippen molar-refractivity contribution < 1.29 is 0 Å². The molecule has 0 heterocycles. The lowest BCUT2D eigenvalue weighted by molar-refractivity contribution is 0.919. The minimum Gasteiger partial charge on any atom is -0.327 e. The number of aryl methyl sites for hydroxylation is 1. The van der Waals surface area contributed by atoms with Crippen LogP contribution >= 0.6 is 0 Å². The fourth-order valence-corrected chi connectivity index (χ4v) is 1.67. The Bertz CT molecular complexity index is 427. The smallest absolute Gasteiger partial charge is 0.0131 e. The Morgan fingerprint density at radius 3 is 2.42 bits per heavy atom. The topological polar surface area (TPSA) is 26.0 Å². The molecule has 0 fully saturated rings. The maximum absolute atomic E-state index is 5.07. The molecule has 1 heteroatoms. The van der Waals surface area contributed by atoms with Gasteiger partial charge in [-0.05, 0) is 37.0 Å². The van der Waals surface area contributed by atoms with Gasteiger partial charge in [0.25, 0.3) is 0 Å². The van der Waals surface area contributed by atoms with Gasteiger partial charge < -0.3 is 5.73 Å². The largest absolute Gasteiger partial charge is 0.327 e. The Labute approximate surface area is 118 Å². The van der Waals surface area contributed by atoms with Gasteiger partial charge in [0.1, 0.15) is 0 Å². The molecule has 0 saturated heterocycles. The number of allylic oxidation sites excluding steroid dienone is 1. The molecule has 1 aromatic rings. The molecule has 0 aliphatic rings. The van der Waals surface area contributed by atoms with Gasteiger partial charge in [0.15, 0.2) is 0 Å². The summed E-state index contributed by atoms with van der Waals surface area (Å²) in [4.78, 5) is 0. The molecule has 0 aliphatic heterocycles. The number of benzene rings is 1. The molecule has 0 saturated carbocycles. The van der Waals surface area contributed by atoms with Gasteiger partial charge in [-0.2, -0.15) is 0 Å². The lowest BCUT2D eigenvalue weighted by Crippen LogP contribution is -1.97. The summed E-state index contributed by atoms with van der Waals surface area (Å²) in [7, 11) is 0. The van der Waals surface area contributed by atoms with Crippen LogP contribution in [0, 0.1) is 0 Å². The van der Waals surface area contributed by atoms with Crippen LogP contribution < -0.4 is 5.73 Å². The van der Waals surface area contributed by atoms with E-state index in [1.165, 1.54) is 23.1 Å². The normalized spacial score (nSPS) is 9.89. The first-order valence-electron chi connectivity index (χ1n) is 6.82. The predicted octanol–water partition coefficient (Wildman–Crippen LogP) is 4.84. The zero-order valence-electron chi connectivity index (χ0n) is 12.6. The molecule has 0 atom stereocenters. The quantitative estimate of drug-likeness (QED) is 0.751. The maximum Gasteiger partial charge on any atom is 0.0131 e. The van der Waals surface area contributed by atoms with Crippen molar-refractivity contribution in [3.63, 3.8) is 0 Å². The minimum absolute atomic E-state index is 0.611. The third kappa shape index (κ3) is 6.78. The van der Waals surface area contributed by atoms with Gasteiger partial charge in [-0.15, -0.1) is 0 Å². The van der Waals surface area contributed by atoms with Crippen molar-refractivity contribution in [1.82, 2.24) is 0 Å². The van der Waals surface area contributed by atoms with Gasteiger partial charge in [-0.1, -0.05) is 68.5 Å². The van der Waals surface area contributed by atoms with E-state index in [9.17, 15) is 0 Å². The third-order valence-electron chi connectivity index (χ3n) is 2.65. The molecule has 1 nitrogen and oxygen atoms in total. The standard InChI is InChI=1S/C14H18.C4H9N/c1-4-8-13-11-7-10-12(6-3)14(13)9-5-2;1-4(2)3-5/h5-7,9-11H,3-4,8H2,1-2H3;1,3,5H2,2H3/b9-5-;. The maximum atomic E-state index is 5.07. The van der Waals surface area contributed by atoms with Gasteiger partial charge in [-0.25, -0.2) is 0 Å². The lowest BCUT2D eigenvalue weighted by Gasteiger charge is -2.08. The molecular weight excluding hydrogens is 230 g/mol. The first-order chi connectivity index (χ1) is 9.10. The Morgan fingerprint density at radius 2 is 2.00 bits per heavy atom. The molecule has 0 unspecified atom stereocenters. The van der Waals surface area contributed by atoms with Crippen molar-refractivity contribution >= 4 is 12.2 Å². The van der Waals surface area contributed by atoms with Gasteiger partial charge in [0, 0.05) is 6.54 Å². The average molecular weight is 257 g/mol. The van der Waals surface area contributed by atoms with Crippen LogP contribution in [0.15, 0.2) is 43.0 Å². The minimum atomic E-state index is 0.611. The molecule has 0 aromatic heterocycles. The molecule has 0 bridgehead atoms. The second kappa shape index (κ2) is 10.3. The van der Waals surface area contributed by atoms with Crippen LogP contribution in [0.5, 0.6) is 0 Å². The molecule has 0 amide bonds. The van der Waals surface area contributed by atoms with E-state index < -0.39 is 0 Å². The molecule has 1 rings (SSSR count). The molecule has 104 valence electrons. The Morgan fingerprint density at radius 1 is 1.37 bits per heavy atom. The number of rotatable bonds is 5. The van der Waals surface area contributed by atoms with Crippen molar-refractivity contribution in [2.75, 3.05) is 6.54 Å². The highest BCUT2D eigenvalue weighted by Gasteiger charge is 2.01. The van der Waals surface area contributed by atoms with Gasteiger partial charge >= 0.3 is 0 Å². The molecule has 1 aromatic carbocycles. The number of hydrogen-bond donors (Lipinski definition) is 1. The van der Waals surface area contributed by atoms with Crippen LogP contribution in [0.4, 0.5) is 0 Å². The van der Waals surface area contributed by atoms with E-state index in [2.05, 4.69) is 57.4 Å². The Kier molecular flexibility index (Phi) is 9.46. The summed E-state index contributed by atoms with van der Waals surface area (Å²) in [6, 6.07) is 6.42. The summed E-state index contributed by atoms with van der Waals surface area (Å²) >= 11 is 0. The van der Waals surface area contributed by atoms with Crippen molar-refractivity contribution in [3.05, 3.63) is 59.7 Å². The number of nitrogens with two attached hydrogens (primary N) is 1. The molecule has 2 N–H and O–H groups in total. The summed E-state index contributed by atoms with van der Waals surface area (Å²) in [5.74, 6) is 0. The molecule has 0 radical (unpaired) electrons. The average Bonchev–Trinajstić information content (AvgIpc) is 2.41. The SMILES string of the molecule is C=C(C)CN.C=Cc1cccc(CCC)c1/C=C\C. The number of hydrogen-bond acceptors (Lipinski definition) is 1. The highest BCUT2D eigenvalue weighted by Crippen LogP contribution is 2.19. The predicted molar refractivity (Wildman–Crippen MR) is 89.1 cm³/mol. The van der Waals surface area contributed by atoms with Crippen LogP contribution in [0.2, 0.25) is 0 Å². The monoisotopic (exact) mass is 257 g/mol. The van der Waals surface area contributed by atoms with Gasteiger partial charge in [0.05, 0.1) is 0 Å². The van der Waals surface area contributed by atoms with Crippen molar-refractivity contribution in [2.24, 2.45) is 5.73 Å². The first-order valence-corrected chi connectivity index (χ1v) is 6.82. The van der Waals surface area contributed by atoms with Crippen molar-refractivity contribution in [3.8, 4) is 0 Å². The fraction of sp³-hybridized carbons (Fsp3) is 0.333. The van der Waals surface area contributed by atoms with E-state index in [1.54, 1.807) is 0 Å². The summed E-state index contributed by atoms with van der Waals surface area (Å²) < 4.78 is 0. The zero-order chi connectivity index (χ0) is 14.7. The van der Waals surface area contributed by atoms with Crippen molar-refractivity contribution in [1.29, 1.82) is 0 Å². The summed E-state index contributed by atoms with van der Waals surface area (Å²) in [5.41, 5.74) is 10.1. The Hall–Kier alpha value is -1.60. The second-order valence-corrected chi connectivity index (χ2v) is 4.54. The van der Waals surface area contributed by atoms with Gasteiger partial charge in [-0.3, -0.25) is 0 Å². The lowest BCUT2D eigenvalue weighted by atomic mass is 9.97. The fourth-order valence-electron chi connectivity index (χ4n) is 1.67. The van der Waals surface area contributed by atoms with Gasteiger partial charge in [0.2, 0.25) is 0 Å². The van der Waals surface area contributed by atoms with E-state index in [4.69, 9.17) is 5.73 Å². The highest BCUT2D eigenvalue weighted by molar-refractivity contribution is 5.67. The summed E-state index contributed by atoms with van der Waals surface area (Å²) in [6.45, 7) is 14.2. The highest BCUT2D eigenvalue weighted by atomic mass is 14.5. The zero-order valence-corrected chi connectivity index (χ0v) is 12.6. The van der Waals surface area contributed by atoms with Crippen LogP contribution in [-0.4, -0.2) is 6.54 Å². The third-order valence-corrected chi connectivity index (χ3v) is 2.65. The molecule has 19 heavy (non-hydrogen) atoms. The van der Waals surface area contributed by atoms with E-state index in [0.29, 0.717) is 6.54 Å². The summed E-state index contributed by atoms with van der Waals surface area (Å²) in [6.07, 6.45) is 8.50. The molecule has 0 aliphatic carbocycles. The summed E-state index contributed by atoms with van der Waals surface area (Å²) in [5, 5.41) is 0. The van der Waals surface area contributed by atoms with E-state index >= 15 is 0 Å². The van der Waals surface area contributed by atoms with Crippen LogP contribution in [0.25, 0.3) is 12.2 Å². The second-order valence-electron chi connectivity index (χ2n) is 4.54. The van der Waals surface area contributed by atoms with Crippen molar-refractivity contribution in [2.45, 2.75) is 33.6 Å². The van der Waals surface area contributed by atoms with E-state index in [0.717, 1.165) is 12.0 Å². The van der Waals surface area contributed by atoms with E-state index in [-0.39, 0.29) is 0 Å². The Balaban J connectivity index is 0.000000555. The van der Waals surface area contributed by atoms with Crippen LogP contribution in [-0.2, 0) is 6.42 Å². The van der Waals surface area contributed by atoms with E-state index in [1.807, 2.05) is 13.0 Å². The molecular formula is C18H27N. The molecule has 0 spiro atoms. The van der Waals surface area contributed by atoms with Crippen LogP contribution in [0.3, 0.4) is 0 Å². The van der Waals surface area contributed by atoms with Crippen LogP contribution in [0.1, 0.15) is 43.9 Å². The first kappa shape index (κ1) is 17.4.